The van der Waals surface area contributed by atoms with Crippen molar-refractivity contribution in [2.24, 2.45) is 0 Å². The first-order chi connectivity index (χ1) is 17.4. The molecule has 0 saturated carbocycles. The van der Waals surface area contributed by atoms with Crippen molar-refractivity contribution >= 4 is 44.2 Å². The molecule has 1 saturated heterocycles. The maximum Gasteiger partial charge on any atom is 0.249 e. The molecule has 2 aliphatic rings. The van der Waals surface area contributed by atoms with E-state index in [1.54, 1.807) is 12.0 Å². The van der Waals surface area contributed by atoms with E-state index in [9.17, 15) is 9.59 Å². The van der Waals surface area contributed by atoms with Crippen LogP contribution >= 0.6 is 15.9 Å². The number of benzene rings is 3. The number of fused-ring (bicyclic) bond motifs is 2. The minimum atomic E-state index is -0.608. The minimum Gasteiger partial charge on any atom is -0.496 e. The summed E-state index contributed by atoms with van der Waals surface area (Å²) >= 11 is 3.55. The fourth-order valence-corrected chi connectivity index (χ4v) is 5.38. The van der Waals surface area contributed by atoms with Gasteiger partial charge in [-0.15, -0.1) is 0 Å². The number of carbonyl (C=O) groups excluding carboxylic acids is 2. The largest absolute Gasteiger partial charge is 0.496 e. The van der Waals surface area contributed by atoms with E-state index in [0.29, 0.717) is 19.4 Å². The van der Waals surface area contributed by atoms with Crippen LogP contribution in [-0.2, 0) is 22.6 Å². The van der Waals surface area contributed by atoms with Crippen molar-refractivity contribution in [1.29, 1.82) is 0 Å². The second kappa shape index (κ2) is 10.6. The second-order valence-corrected chi connectivity index (χ2v) is 10.4. The fourth-order valence-electron chi connectivity index (χ4n) is 5.00. The predicted octanol–water partition coefficient (Wildman–Crippen LogP) is 3.53. The number of rotatable bonds is 7. The van der Waals surface area contributed by atoms with Crippen LogP contribution < -0.4 is 25.6 Å². The average Bonchev–Trinajstić information content (AvgIpc) is 2.98. The number of aryl methyl sites for hydroxylation is 1. The van der Waals surface area contributed by atoms with Crippen LogP contribution in [0.5, 0.6) is 5.75 Å². The number of para-hydroxylation sites is 1. The van der Waals surface area contributed by atoms with E-state index in [4.69, 9.17) is 4.74 Å². The number of methoxy groups -OCH3 is 1. The van der Waals surface area contributed by atoms with Gasteiger partial charge in [0, 0.05) is 34.9 Å². The maximum atomic E-state index is 14.0. The molecule has 3 aromatic carbocycles. The van der Waals surface area contributed by atoms with E-state index < -0.39 is 6.04 Å². The van der Waals surface area contributed by atoms with Crippen molar-refractivity contribution in [2.75, 3.05) is 25.1 Å². The number of anilines is 1. The molecule has 2 amide bonds. The van der Waals surface area contributed by atoms with Gasteiger partial charge in [0.25, 0.3) is 0 Å². The Bertz CT molecular complexity index is 1290. The zero-order valence-corrected chi connectivity index (χ0v) is 22.1. The zero-order chi connectivity index (χ0) is 25.2. The summed E-state index contributed by atoms with van der Waals surface area (Å²) in [7, 11) is 1.65. The predicted molar refractivity (Wildman–Crippen MR) is 145 cm³/mol. The third-order valence-electron chi connectivity index (χ3n) is 7.11. The number of ether oxygens (including phenoxy) is 1. The Morgan fingerprint density at radius 2 is 2.00 bits per heavy atom. The number of carbonyl (C=O) groups is 2. The molecule has 0 spiro atoms. The molecule has 0 aliphatic carbocycles. The summed E-state index contributed by atoms with van der Waals surface area (Å²) in [5.41, 5.74) is 2.91. The standard InChI is InChI=1S/C28H31BrN4O3/c1-17(31-21-14-30-15-21)27(34)32-24-11-7-18-5-3-4-6-25(18)33(28(24)35)16-23-22-10-9-20(29)13-19(22)8-12-26(23)36-2/h3-6,8-10,12-13,17,21,24,30-31H,7,11,14-16H2,1-2H3,(H,32,34). The quantitative estimate of drug-likeness (QED) is 0.419. The molecule has 3 aromatic rings. The van der Waals surface area contributed by atoms with Gasteiger partial charge in [-0.2, -0.15) is 0 Å². The summed E-state index contributed by atoms with van der Waals surface area (Å²) < 4.78 is 6.71. The van der Waals surface area contributed by atoms with Crippen molar-refractivity contribution in [1.82, 2.24) is 16.0 Å². The number of halogens is 1. The van der Waals surface area contributed by atoms with Gasteiger partial charge in [-0.1, -0.05) is 46.3 Å². The summed E-state index contributed by atoms with van der Waals surface area (Å²) in [6, 6.07) is 17.4. The van der Waals surface area contributed by atoms with Crippen molar-refractivity contribution in [2.45, 2.75) is 44.4 Å². The molecule has 5 rings (SSSR count). The molecule has 188 valence electrons. The molecule has 2 unspecified atom stereocenters. The Morgan fingerprint density at radius 3 is 2.75 bits per heavy atom. The SMILES string of the molecule is COc1ccc2cc(Br)ccc2c1CN1C(=O)C(NC(=O)C(C)NC2CNC2)CCc2ccccc21. The monoisotopic (exact) mass is 550 g/mol. The molecule has 36 heavy (non-hydrogen) atoms. The van der Waals surface area contributed by atoms with Gasteiger partial charge >= 0.3 is 0 Å². The molecule has 2 aliphatic heterocycles. The molecule has 3 N–H and O–H groups in total. The van der Waals surface area contributed by atoms with Crippen LogP contribution in [0, 0.1) is 0 Å². The highest BCUT2D eigenvalue weighted by atomic mass is 79.9. The van der Waals surface area contributed by atoms with E-state index in [-0.39, 0.29) is 23.9 Å². The molecular weight excluding hydrogens is 520 g/mol. The summed E-state index contributed by atoms with van der Waals surface area (Å²) in [5, 5.41) is 11.6. The van der Waals surface area contributed by atoms with Crippen LogP contribution in [0.3, 0.4) is 0 Å². The van der Waals surface area contributed by atoms with Crippen molar-refractivity contribution in [3.05, 3.63) is 70.2 Å². The number of nitrogens with one attached hydrogen (secondary N) is 3. The number of hydrogen-bond acceptors (Lipinski definition) is 5. The first-order valence-electron chi connectivity index (χ1n) is 12.4. The van der Waals surface area contributed by atoms with Crippen LogP contribution in [0.15, 0.2) is 59.1 Å². The Labute approximate surface area is 219 Å². The lowest BCUT2D eigenvalue weighted by molar-refractivity contribution is -0.128. The normalized spacial score (nSPS) is 18.8. The van der Waals surface area contributed by atoms with E-state index in [2.05, 4.69) is 44.0 Å². The summed E-state index contributed by atoms with van der Waals surface area (Å²) in [5.74, 6) is 0.465. The molecule has 8 heteroatoms. The Hall–Kier alpha value is -2.94. The first kappa shape index (κ1) is 24.7. The highest BCUT2D eigenvalue weighted by Crippen LogP contribution is 2.35. The van der Waals surface area contributed by atoms with Gasteiger partial charge in [0.05, 0.1) is 19.7 Å². The van der Waals surface area contributed by atoms with E-state index >= 15 is 0 Å². The fraction of sp³-hybridized carbons (Fsp3) is 0.357. The lowest BCUT2D eigenvalue weighted by Gasteiger charge is -2.32. The third kappa shape index (κ3) is 4.98. The minimum absolute atomic E-state index is 0.109. The van der Waals surface area contributed by atoms with Crippen LogP contribution in [0.25, 0.3) is 10.8 Å². The van der Waals surface area contributed by atoms with Crippen LogP contribution in [0.2, 0.25) is 0 Å². The number of hydrogen-bond donors (Lipinski definition) is 3. The van der Waals surface area contributed by atoms with E-state index in [1.165, 1.54) is 0 Å². The lowest BCUT2D eigenvalue weighted by Crippen LogP contribution is -2.61. The second-order valence-electron chi connectivity index (χ2n) is 9.51. The van der Waals surface area contributed by atoms with Gasteiger partial charge in [0.1, 0.15) is 11.8 Å². The third-order valence-corrected chi connectivity index (χ3v) is 7.61. The van der Waals surface area contributed by atoms with Crippen molar-refractivity contribution < 1.29 is 14.3 Å². The topological polar surface area (TPSA) is 82.7 Å². The Kier molecular flexibility index (Phi) is 7.27. The summed E-state index contributed by atoms with van der Waals surface area (Å²) in [4.78, 5) is 28.8. The summed E-state index contributed by atoms with van der Waals surface area (Å²) in [6.45, 7) is 3.89. The molecule has 7 nitrogen and oxygen atoms in total. The highest BCUT2D eigenvalue weighted by molar-refractivity contribution is 9.10. The van der Waals surface area contributed by atoms with Crippen LogP contribution in [0.1, 0.15) is 24.5 Å². The smallest absolute Gasteiger partial charge is 0.249 e. The van der Waals surface area contributed by atoms with E-state index in [0.717, 1.165) is 50.9 Å². The summed E-state index contributed by atoms with van der Waals surface area (Å²) in [6.07, 6.45) is 1.26. The average molecular weight is 551 g/mol. The molecule has 0 radical (unpaired) electrons. The molecular formula is C28H31BrN4O3. The van der Waals surface area contributed by atoms with Gasteiger partial charge in [-0.05, 0) is 60.4 Å². The molecule has 1 fully saturated rings. The molecule has 0 bridgehead atoms. The maximum absolute atomic E-state index is 14.0. The van der Waals surface area contributed by atoms with E-state index in [1.807, 2.05) is 49.4 Å². The highest BCUT2D eigenvalue weighted by Gasteiger charge is 2.33. The Morgan fingerprint density at radius 1 is 1.19 bits per heavy atom. The molecule has 0 aromatic heterocycles. The van der Waals surface area contributed by atoms with Gasteiger partial charge in [0.15, 0.2) is 0 Å². The van der Waals surface area contributed by atoms with Crippen molar-refractivity contribution in [3.8, 4) is 5.75 Å². The zero-order valence-electron chi connectivity index (χ0n) is 20.5. The Balaban J connectivity index is 1.47. The van der Waals surface area contributed by atoms with Crippen molar-refractivity contribution in [3.63, 3.8) is 0 Å². The van der Waals surface area contributed by atoms with Gasteiger partial charge in [0.2, 0.25) is 11.8 Å². The van der Waals surface area contributed by atoms with Gasteiger partial charge in [-0.25, -0.2) is 0 Å². The van der Waals surface area contributed by atoms with Crippen LogP contribution in [-0.4, -0.2) is 50.1 Å². The van der Waals surface area contributed by atoms with Gasteiger partial charge in [-0.3, -0.25) is 9.59 Å². The first-order valence-corrected chi connectivity index (χ1v) is 13.2. The molecule has 2 heterocycles. The number of nitrogens with zero attached hydrogens (tertiary/aromatic N) is 1. The molecule has 2 atom stereocenters. The van der Waals surface area contributed by atoms with Crippen LogP contribution in [0.4, 0.5) is 5.69 Å². The number of amides is 2. The lowest BCUT2D eigenvalue weighted by atomic mass is 10.0. The van der Waals surface area contributed by atoms with Gasteiger partial charge < -0.3 is 25.6 Å².